The van der Waals surface area contributed by atoms with Crippen LogP contribution in [0.5, 0.6) is 0 Å². The van der Waals surface area contributed by atoms with Gasteiger partial charge in [-0.15, -0.1) is 0 Å². The van der Waals surface area contributed by atoms with Gasteiger partial charge in [0.2, 0.25) is 11.8 Å². The van der Waals surface area contributed by atoms with Gasteiger partial charge in [0, 0.05) is 37.9 Å². The number of aliphatic hydroxyl groups excluding tert-OH is 1. The Kier molecular flexibility index (Phi) is 8.24. The molecule has 12 nitrogen and oxygen atoms in total. The number of non-ortho nitro benzene ring substituents is 1. The molecule has 0 spiro atoms. The van der Waals surface area contributed by atoms with Crippen LogP contribution in [-0.2, 0) is 28.7 Å². The molecule has 0 saturated carbocycles. The number of likely N-dealkylation sites (tertiary alicyclic amines) is 1. The molecule has 1 aromatic rings. The Hall–Kier alpha value is -3.54. The minimum Gasteiger partial charge on any atom is -0.469 e. The van der Waals surface area contributed by atoms with Crippen molar-refractivity contribution in [3.05, 3.63) is 39.9 Å². The maximum atomic E-state index is 12.9. The first-order valence-electron chi connectivity index (χ1n) is 9.73. The van der Waals surface area contributed by atoms with Gasteiger partial charge in [0.1, 0.15) is 12.1 Å². The first kappa shape index (κ1) is 24.7. The molecule has 32 heavy (non-hydrogen) atoms. The summed E-state index contributed by atoms with van der Waals surface area (Å²) in [6, 6.07) is 2.79. The highest BCUT2D eigenvalue weighted by Gasteiger charge is 2.41. The highest BCUT2D eigenvalue weighted by atomic mass is 16.6. The molecule has 1 aliphatic heterocycles. The Morgan fingerprint density at radius 1 is 1.22 bits per heavy atom. The molecule has 2 amide bonds. The van der Waals surface area contributed by atoms with E-state index < -0.39 is 52.8 Å². The summed E-state index contributed by atoms with van der Waals surface area (Å²) < 4.78 is 9.50. The van der Waals surface area contributed by atoms with Crippen LogP contribution in [0.25, 0.3) is 0 Å². The van der Waals surface area contributed by atoms with Crippen LogP contribution in [0.15, 0.2) is 24.3 Å². The molecule has 174 valence electrons. The highest BCUT2D eigenvalue weighted by molar-refractivity contribution is 5.91. The second-order valence-corrected chi connectivity index (χ2v) is 7.32. The standard InChI is InChI=1S/C20H25N3O9/c1-11(24)22-10-14(25)8-16(22)19(27)21-18(20(28)32-3)15(9-17(26)31-2)12-4-6-13(7-5-12)23(29)30/h4-7,14-16,18,25H,8-10H2,1-3H3,(H,21,27)/t14-,15+,16+,18+/m1/s1. The van der Waals surface area contributed by atoms with E-state index in [1.807, 2.05) is 0 Å². The fraction of sp³-hybridized carbons (Fsp3) is 0.500. The van der Waals surface area contributed by atoms with E-state index in [2.05, 4.69) is 5.32 Å². The van der Waals surface area contributed by atoms with Gasteiger partial charge in [-0.3, -0.25) is 24.5 Å². The Bertz CT molecular complexity index is 887. The zero-order chi connectivity index (χ0) is 24.0. The number of nitrogens with zero attached hydrogens (tertiary/aromatic N) is 2. The minimum atomic E-state index is -1.36. The second kappa shape index (κ2) is 10.7. The van der Waals surface area contributed by atoms with E-state index in [-0.39, 0.29) is 25.1 Å². The number of carbonyl (C=O) groups is 4. The van der Waals surface area contributed by atoms with E-state index >= 15 is 0 Å². The zero-order valence-corrected chi connectivity index (χ0v) is 17.8. The normalized spacial score (nSPS) is 19.6. The van der Waals surface area contributed by atoms with Crippen molar-refractivity contribution in [2.45, 2.75) is 43.9 Å². The lowest BCUT2D eigenvalue weighted by Crippen LogP contribution is -2.53. The van der Waals surface area contributed by atoms with Crippen molar-refractivity contribution in [3.8, 4) is 0 Å². The van der Waals surface area contributed by atoms with Crippen LogP contribution < -0.4 is 5.32 Å². The van der Waals surface area contributed by atoms with Crippen LogP contribution in [0.3, 0.4) is 0 Å². The number of nitro benzene ring substituents is 1. The van der Waals surface area contributed by atoms with Gasteiger partial charge in [0.05, 0.1) is 31.7 Å². The van der Waals surface area contributed by atoms with Crippen molar-refractivity contribution in [3.63, 3.8) is 0 Å². The van der Waals surface area contributed by atoms with Crippen molar-refractivity contribution >= 4 is 29.4 Å². The van der Waals surface area contributed by atoms with Gasteiger partial charge in [0.25, 0.3) is 5.69 Å². The number of hydrogen-bond acceptors (Lipinski definition) is 9. The number of ether oxygens (including phenoxy) is 2. The number of esters is 2. The van der Waals surface area contributed by atoms with Crippen LogP contribution in [0.2, 0.25) is 0 Å². The first-order valence-corrected chi connectivity index (χ1v) is 9.73. The Balaban J connectivity index is 2.39. The fourth-order valence-corrected chi connectivity index (χ4v) is 3.64. The molecule has 0 aliphatic carbocycles. The molecule has 1 aliphatic rings. The number of carbonyl (C=O) groups excluding carboxylic acids is 4. The molecule has 1 fully saturated rings. The van der Waals surface area contributed by atoms with Crippen molar-refractivity contribution < 1.29 is 38.7 Å². The summed E-state index contributed by atoms with van der Waals surface area (Å²) in [5, 5.41) is 23.4. The van der Waals surface area contributed by atoms with Gasteiger partial charge >= 0.3 is 11.9 Å². The van der Waals surface area contributed by atoms with Crippen LogP contribution in [0.1, 0.15) is 31.2 Å². The van der Waals surface area contributed by atoms with Crippen LogP contribution in [-0.4, -0.2) is 77.6 Å². The van der Waals surface area contributed by atoms with Crippen molar-refractivity contribution in [2.24, 2.45) is 0 Å². The number of aliphatic hydroxyl groups is 1. The Morgan fingerprint density at radius 3 is 2.34 bits per heavy atom. The van der Waals surface area contributed by atoms with Gasteiger partial charge in [-0.05, 0) is 5.56 Å². The molecule has 0 aromatic heterocycles. The van der Waals surface area contributed by atoms with Gasteiger partial charge in [-0.1, -0.05) is 12.1 Å². The van der Waals surface area contributed by atoms with E-state index in [4.69, 9.17) is 9.47 Å². The predicted octanol–water partition coefficient (Wildman–Crippen LogP) is -0.119. The molecule has 2 rings (SSSR count). The summed E-state index contributed by atoms with van der Waals surface area (Å²) in [6.45, 7) is 1.23. The molecule has 0 radical (unpaired) electrons. The van der Waals surface area contributed by atoms with Gasteiger partial charge in [-0.25, -0.2) is 4.79 Å². The number of rotatable bonds is 8. The molecule has 4 atom stereocenters. The maximum Gasteiger partial charge on any atom is 0.329 e. The molecule has 1 heterocycles. The lowest BCUT2D eigenvalue weighted by atomic mass is 9.88. The molecule has 0 bridgehead atoms. The van der Waals surface area contributed by atoms with Gasteiger partial charge < -0.3 is 24.8 Å². The number of benzene rings is 1. The van der Waals surface area contributed by atoms with Crippen molar-refractivity contribution in [2.75, 3.05) is 20.8 Å². The average Bonchev–Trinajstić information content (AvgIpc) is 3.17. The Morgan fingerprint density at radius 2 is 1.84 bits per heavy atom. The van der Waals surface area contributed by atoms with E-state index in [9.17, 15) is 34.4 Å². The van der Waals surface area contributed by atoms with E-state index in [0.29, 0.717) is 5.56 Å². The van der Waals surface area contributed by atoms with Gasteiger partial charge in [-0.2, -0.15) is 0 Å². The third-order valence-corrected chi connectivity index (χ3v) is 5.29. The van der Waals surface area contributed by atoms with Gasteiger partial charge in [0.15, 0.2) is 0 Å². The number of nitrogens with one attached hydrogen (secondary N) is 1. The molecule has 1 aromatic carbocycles. The summed E-state index contributed by atoms with van der Waals surface area (Å²) in [6.07, 6.45) is -1.25. The SMILES string of the molecule is COC(=O)C[C@@H](c1ccc([N+](=O)[O-])cc1)[C@H](NC(=O)[C@@H]1C[C@@H](O)CN1C(C)=O)C(=O)OC. The largest absolute Gasteiger partial charge is 0.469 e. The molecule has 2 N–H and O–H groups in total. The molecular weight excluding hydrogens is 426 g/mol. The van der Waals surface area contributed by atoms with Crippen LogP contribution >= 0.6 is 0 Å². The van der Waals surface area contributed by atoms with E-state index in [1.54, 1.807) is 0 Å². The number of hydrogen-bond donors (Lipinski definition) is 2. The third kappa shape index (κ3) is 5.78. The first-order chi connectivity index (χ1) is 15.1. The zero-order valence-electron chi connectivity index (χ0n) is 17.8. The topological polar surface area (TPSA) is 165 Å². The molecule has 12 heteroatoms. The number of β-amino-alcohol motifs (C(OH)–C–C–N with tert-alkyl or cyclic N) is 1. The summed E-state index contributed by atoms with van der Waals surface area (Å²) in [5.74, 6) is -3.64. The fourth-order valence-electron chi connectivity index (χ4n) is 3.64. The lowest BCUT2D eigenvalue weighted by Gasteiger charge is -2.29. The maximum absolute atomic E-state index is 12.9. The average molecular weight is 451 g/mol. The van der Waals surface area contributed by atoms with E-state index in [0.717, 1.165) is 14.2 Å². The summed E-state index contributed by atoms with van der Waals surface area (Å²) in [7, 11) is 2.26. The monoisotopic (exact) mass is 451 g/mol. The molecule has 0 unspecified atom stereocenters. The number of methoxy groups -OCH3 is 2. The summed E-state index contributed by atoms with van der Waals surface area (Å²) in [5.41, 5.74) is 0.160. The highest BCUT2D eigenvalue weighted by Crippen LogP contribution is 2.28. The molecular formula is C20H25N3O9. The predicted molar refractivity (Wildman–Crippen MR) is 108 cm³/mol. The summed E-state index contributed by atoms with van der Waals surface area (Å²) >= 11 is 0. The smallest absolute Gasteiger partial charge is 0.329 e. The quantitative estimate of drug-likeness (QED) is 0.311. The number of amides is 2. The third-order valence-electron chi connectivity index (χ3n) is 5.29. The second-order valence-electron chi connectivity index (χ2n) is 7.32. The van der Waals surface area contributed by atoms with Crippen molar-refractivity contribution in [1.82, 2.24) is 10.2 Å². The van der Waals surface area contributed by atoms with Crippen LogP contribution in [0, 0.1) is 10.1 Å². The van der Waals surface area contributed by atoms with Crippen LogP contribution in [0.4, 0.5) is 5.69 Å². The minimum absolute atomic E-state index is 0.0154. The van der Waals surface area contributed by atoms with Crippen molar-refractivity contribution in [1.29, 1.82) is 0 Å². The molecule has 1 saturated heterocycles. The number of nitro groups is 1. The lowest BCUT2D eigenvalue weighted by molar-refractivity contribution is -0.384. The van der Waals surface area contributed by atoms with E-state index in [1.165, 1.54) is 36.1 Å². The summed E-state index contributed by atoms with van der Waals surface area (Å²) in [4.78, 5) is 60.9. The Labute approximate surface area is 183 Å².